The SMILES string of the molecule is CN(Cc1cc(-c2cccnc2C#N)n(S(=O)(=O)c2ccsc2)c1)C(=O)OC(C)(C)C. The van der Waals surface area contributed by atoms with Gasteiger partial charge in [-0.25, -0.2) is 22.2 Å². The van der Waals surface area contributed by atoms with Gasteiger partial charge in [-0.15, -0.1) is 0 Å². The van der Waals surface area contributed by atoms with Gasteiger partial charge in [-0.3, -0.25) is 0 Å². The predicted molar refractivity (Wildman–Crippen MR) is 117 cm³/mol. The van der Waals surface area contributed by atoms with E-state index < -0.39 is 21.7 Å². The lowest BCUT2D eigenvalue weighted by Crippen LogP contribution is -2.33. The first-order valence-electron chi connectivity index (χ1n) is 9.31. The van der Waals surface area contributed by atoms with Gasteiger partial charge in [0.05, 0.1) is 17.1 Å². The predicted octanol–water partition coefficient (Wildman–Crippen LogP) is 4.09. The molecule has 0 unspecified atom stereocenters. The largest absolute Gasteiger partial charge is 0.444 e. The summed E-state index contributed by atoms with van der Waals surface area (Å²) in [5.74, 6) is 0. The summed E-state index contributed by atoms with van der Waals surface area (Å²) in [6.07, 6.45) is 2.40. The van der Waals surface area contributed by atoms with Gasteiger partial charge in [-0.2, -0.15) is 16.6 Å². The number of nitriles is 1. The first-order valence-corrected chi connectivity index (χ1v) is 11.7. The summed E-state index contributed by atoms with van der Waals surface area (Å²) >= 11 is 1.27. The number of pyridine rings is 1. The molecule has 0 aliphatic rings. The van der Waals surface area contributed by atoms with E-state index in [1.807, 2.05) is 6.07 Å². The molecule has 10 heteroatoms. The highest BCUT2D eigenvalue weighted by molar-refractivity contribution is 7.90. The van der Waals surface area contributed by atoms with Gasteiger partial charge in [0.2, 0.25) is 0 Å². The Morgan fingerprint density at radius 2 is 2.10 bits per heavy atom. The van der Waals surface area contributed by atoms with Crippen LogP contribution in [0.25, 0.3) is 11.3 Å². The highest BCUT2D eigenvalue weighted by atomic mass is 32.2. The molecule has 0 atom stereocenters. The minimum atomic E-state index is -3.91. The van der Waals surface area contributed by atoms with Crippen molar-refractivity contribution in [1.29, 1.82) is 5.26 Å². The molecule has 0 aliphatic heterocycles. The zero-order chi connectivity index (χ0) is 22.8. The van der Waals surface area contributed by atoms with Crippen molar-refractivity contribution < 1.29 is 17.9 Å². The summed E-state index contributed by atoms with van der Waals surface area (Å²) in [5, 5.41) is 12.7. The van der Waals surface area contributed by atoms with E-state index in [1.54, 1.807) is 56.8 Å². The normalized spacial score (nSPS) is 11.7. The lowest BCUT2D eigenvalue weighted by Gasteiger charge is -2.24. The highest BCUT2D eigenvalue weighted by Crippen LogP contribution is 2.30. The number of ether oxygens (including phenoxy) is 1. The molecule has 3 heterocycles. The van der Waals surface area contributed by atoms with E-state index in [0.717, 1.165) is 3.97 Å². The molecule has 0 aromatic carbocycles. The number of hydrogen-bond acceptors (Lipinski definition) is 7. The van der Waals surface area contributed by atoms with Crippen molar-refractivity contribution in [3.8, 4) is 17.3 Å². The molecular weight excluding hydrogens is 436 g/mol. The van der Waals surface area contributed by atoms with E-state index in [-0.39, 0.29) is 17.1 Å². The third-order valence-corrected chi connectivity index (χ3v) is 6.71. The molecule has 31 heavy (non-hydrogen) atoms. The Morgan fingerprint density at radius 1 is 1.35 bits per heavy atom. The van der Waals surface area contributed by atoms with Gasteiger partial charge < -0.3 is 9.64 Å². The van der Waals surface area contributed by atoms with Crippen molar-refractivity contribution in [2.75, 3.05) is 7.05 Å². The molecule has 0 radical (unpaired) electrons. The maximum absolute atomic E-state index is 13.3. The number of thiophene rings is 1. The van der Waals surface area contributed by atoms with E-state index in [1.165, 1.54) is 34.7 Å². The van der Waals surface area contributed by atoms with Gasteiger partial charge >= 0.3 is 6.09 Å². The van der Waals surface area contributed by atoms with Gasteiger partial charge in [-0.1, -0.05) is 0 Å². The van der Waals surface area contributed by atoms with Crippen molar-refractivity contribution >= 4 is 27.5 Å². The quantitative estimate of drug-likeness (QED) is 0.570. The van der Waals surface area contributed by atoms with Crippen LogP contribution in [0.4, 0.5) is 4.79 Å². The van der Waals surface area contributed by atoms with Crippen molar-refractivity contribution in [3.05, 3.63) is 58.7 Å². The van der Waals surface area contributed by atoms with Crippen LogP contribution in [0.2, 0.25) is 0 Å². The molecule has 0 fully saturated rings. The standard InChI is InChI=1S/C21H22N4O4S2/c1-21(2,3)29-20(26)24(4)12-15-10-19(17-6-5-8-23-18(17)11-22)25(13-15)31(27,28)16-7-9-30-14-16/h5-10,13-14H,12H2,1-4H3. The molecule has 8 nitrogen and oxygen atoms in total. The number of amides is 1. The second-order valence-electron chi connectivity index (χ2n) is 7.84. The van der Waals surface area contributed by atoms with Crippen LogP contribution in [0.1, 0.15) is 32.0 Å². The average molecular weight is 459 g/mol. The van der Waals surface area contributed by atoms with Crippen LogP contribution in [-0.4, -0.2) is 41.0 Å². The molecule has 162 valence electrons. The van der Waals surface area contributed by atoms with Crippen LogP contribution in [0.15, 0.2) is 52.3 Å². The first-order chi connectivity index (χ1) is 14.5. The number of rotatable bonds is 5. The second kappa shape index (κ2) is 8.53. The summed E-state index contributed by atoms with van der Waals surface area (Å²) in [4.78, 5) is 17.9. The van der Waals surface area contributed by atoms with Crippen LogP contribution < -0.4 is 0 Å². The van der Waals surface area contributed by atoms with Crippen LogP contribution in [-0.2, 0) is 21.3 Å². The fraction of sp³-hybridized carbons (Fsp3) is 0.286. The number of nitrogens with zero attached hydrogens (tertiary/aromatic N) is 4. The topological polar surface area (TPSA) is 105 Å². The molecule has 3 aromatic rings. The molecule has 0 saturated heterocycles. The van der Waals surface area contributed by atoms with Gasteiger partial charge in [0.15, 0.2) is 0 Å². The average Bonchev–Trinajstić information content (AvgIpc) is 3.37. The number of carbonyl (C=O) groups is 1. The molecule has 0 saturated carbocycles. The molecule has 0 aliphatic carbocycles. The molecule has 0 bridgehead atoms. The van der Waals surface area contributed by atoms with Gasteiger partial charge in [-0.05, 0) is 56.0 Å². The fourth-order valence-electron chi connectivity index (χ4n) is 2.87. The smallest absolute Gasteiger partial charge is 0.410 e. The zero-order valence-corrected chi connectivity index (χ0v) is 19.2. The van der Waals surface area contributed by atoms with Crippen LogP contribution in [0.3, 0.4) is 0 Å². The Hall–Kier alpha value is -3.16. The lowest BCUT2D eigenvalue weighted by molar-refractivity contribution is 0.0285. The Labute approximate surface area is 185 Å². The Kier molecular flexibility index (Phi) is 6.20. The maximum Gasteiger partial charge on any atom is 0.410 e. The van der Waals surface area contributed by atoms with Crippen LogP contribution in [0, 0.1) is 11.3 Å². The van der Waals surface area contributed by atoms with E-state index in [2.05, 4.69) is 4.98 Å². The summed E-state index contributed by atoms with van der Waals surface area (Å²) < 4.78 is 33.0. The maximum atomic E-state index is 13.3. The highest BCUT2D eigenvalue weighted by Gasteiger charge is 2.25. The van der Waals surface area contributed by atoms with Crippen molar-refractivity contribution in [1.82, 2.24) is 13.9 Å². The molecule has 0 spiro atoms. The Balaban J connectivity index is 2.07. The van der Waals surface area contributed by atoms with E-state index in [0.29, 0.717) is 16.8 Å². The third kappa shape index (κ3) is 4.95. The van der Waals surface area contributed by atoms with Crippen LogP contribution >= 0.6 is 11.3 Å². The summed E-state index contributed by atoms with van der Waals surface area (Å²) in [5.41, 5.74) is 0.699. The van der Waals surface area contributed by atoms with E-state index in [9.17, 15) is 18.5 Å². The zero-order valence-electron chi connectivity index (χ0n) is 17.6. The molecule has 1 amide bonds. The van der Waals surface area contributed by atoms with Gasteiger partial charge in [0.25, 0.3) is 10.0 Å². The molecule has 3 rings (SSSR count). The minimum absolute atomic E-state index is 0.106. The van der Waals surface area contributed by atoms with Crippen molar-refractivity contribution in [2.45, 2.75) is 37.8 Å². The summed E-state index contributed by atoms with van der Waals surface area (Å²) in [6.45, 7) is 5.43. The number of hydrogen-bond donors (Lipinski definition) is 0. The second-order valence-corrected chi connectivity index (χ2v) is 10.4. The fourth-order valence-corrected chi connectivity index (χ4v) is 5.28. The Bertz CT molecular complexity index is 1230. The van der Waals surface area contributed by atoms with Gasteiger partial charge in [0.1, 0.15) is 17.4 Å². The van der Waals surface area contributed by atoms with Crippen molar-refractivity contribution in [2.24, 2.45) is 0 Å². The van der Waals surface area contributed by atoms with Gasteiger partial charge in [0, 0.05) is 30.4 Å². The molecule has 0 N–H and O–H groups in total. The lowest BCUT2D eigenvalue weighted by atomic mass is 10.1. The monoisotopic (exact) mass is 458 g/mol. The summed E-state index contributed by atoms with van der Waals surface area (Å²) in [7, 11) is -2.34. The molecular formula is C21H22N4O4S2. The van der Waals surface area contributed by atoms with Crippen molar-refractivity contribution in [3.63, 3.8) is 0 Å². The van der Waals surface area contributed by atoms with Crippen LogP contribution in [0.5, 0.6) is 0 Å². The minimum Gasteiger partial charge on any atom is -0.444 e. The first kappa shape index (κ1) is 22.5. The summed E-state index contributed by atoms with van der Waals surface area (Å²) in [6, 6.07) is 8.44. The van der Waals surface area contributed by atoms with E-state index in [4.69, 9.17) is 4.74 Å². The Morgan fingerprint density at radius 3 is 2.71 bits per heavy atom. The third-order valence-electron chi connectivity index (χ3n) is 4.21. The number of aromatic nitrogens is 2. The molecule has 3 aromatic heterocycles. The number of carbonyl (C=O) groups excluding carboxylic acids is 1. The van der Waals surface area contributed by atoms with E-state index >= 15 is 0 Å².